The van der Waals surface area contributed by atoms with Crippen LogP contribution in [-0.2, 0) is 14.8 Å². The Kier molecular flexibility index (Phi) is 6.86. The van der Waals surface area contributed by atoms with E-state index in [0.717, 1.165) is 24.0 Å². The molecule has 0 bridgehead atoms. The lowest BCUT2D eigenvalue weighted by Crippen LogP contribution is -2.34. The van der Waals surface area contributed by atoms with Crippen LogP contribution in [0.1, 0.15) is 23.2 Å². The molecule has 0 aliphatic heterocycles. The number of rotatable bonds is 9. The molecule has 170 valence electrons. The first-order chi connectivity index (χ1) is 15.9. The predicted molar refractivity (Wildman–Crippen MR) is 127 cm³/mol. The first-order valence-corrected chi connectivity index (χ1v) is 12.2. The SMILES string of the molecule is O=C(NCCNS(=O)(=O)c1ccc(-c2ccccc2)cc1)c1ccc(NC(=O)C2CC2)cc1. The van der Waals surface area contributed by atoms with Gasteiger partial charge in [0.1, 0.15) is 0 Å². The minimum absolute atomic E-state index is 0.00851. The minimum atomic E-state index is -3.68. The molecule has 1 aliphatic carbocycles. The molecule has 3 aromatic carbocycles. The molecule has 33 heavy (non-hydrogen) atoms. The second-order valence-corrected chi connectivity index (χ2v) is 9.65. The van der Waals surface area contributed by atoms with E-state index in [1.165, 1.54) is 0 Å². The third-order valence-electron chi connectivity index (χ3n) is 5.34. The summed E-state index contributed by atoms with van der Waals surface area (Å²) in [4.78, 5) is 24.2. The lowest BCUT2D eigenvalue weighted by atomic mass is 10.1. The van der Waals surface area contributed by atoms with Gasteiger partial charge in [0.2, 0.25) is 15.9 Å². The maximum atomic E-state index is 12.5. The Bertz CT molecular complexity index is 1220. The number of amides is 2. The molecule has 0 aromatic heterocycles. The molecule has 0 atom stereocenters. The summed E-state index contributed by atoms with van der Waals surface area (Å²) in [5, 5.41) is 5.51. The van der Waals surface area contributed by atoms with E-state index in [4.69, 9.17) is 0 Å². The average molecular weight is 464 g/mol. The van der Waals surface area contributed by atoms with Gasteiger partial charge in [-0.3, -0.25) is 9.59 Å². The van der Waals surface area contributed by atoms with E-state index in [0.29, 0.717) is 11.3 Å². The third kappa shape index (κ3) is 6.06. The fourth-order valence-corrected chi connectivity index (χ4v) is 4.33. The number of anilines is 1. The monoisotopic (exact) mass is 463 g/mol. The molecule has 1 fully saturated rings. The van der Waals surface area contributed by atoms with Crippen LogP contribution in [0.4, 0.5) is 5.69 Å². The van der Waals surface area contributed by atoms with Crippen LogP contribution in [0.15, 0.2) is 83.8 Å². The Hall–Kier alpha value is -3.49. The van der Waals surface area contributed by atoms with Gasteiger partial charge in [0.15, 0.2) is 0 Å². The molecule has 1 saturated carbocycles. The van der Waals surface area contributed by atoms with Crippen molar-refractivity contribution in [3.63, 3.8) is 0 Å². The number of carbonyl (C=O) groups excluding carboxylic acids is 2. The molecule has 0 spiro atoms. The van der Waals surface area contributed by atoms with Crippen molar-refractivity contribution in [1.82, 2.24) is 10.0 Å². The number of carbonyl (C=O) groups is 2. The van der Waals surface area contributed by atoms with Gasteiger partial charge in [-0.2, -0.15) is 0 Å². The van der Waals surface area contributed by atoms with Gasteiger partial charge in [-0.25, -0.2) is 13.1 Å². The number of benzene rings is 3. The Labute approximate surface area is 193 Å². The zero-order chi connectivity index (χ0) is 23.3. The van der Waals surface area contributed by atoms with Gasteiger partial charge >= 0.3 is 0 Å². The summed E-state index contributed by atoms with van der Waals surface area (Å²) in [5.74, 6) is -0.200. The molecule has 7 nitrogen and oxygen atoms in total. The van der Waals surface area contributed by atoms with E-state index in [1.54, 1.807) is 48.5 Å². The number of hydrogen-bond acceptors (Lipinski definition) is 4. The highest BCUT2D eigenvalue weighted by atomic mass is 32.2. The summed E-state index contributed by atoms with van der Waals surface area (Å²) in [5.41, 5.74) is 3.02. The van der Waals surface area contributed by atoms with Gasteiger partial charge in [-0.05, 0) is 60.4 Å². The summed E-state index contributed by atoms with van der Waals surface area (Å²) in [6.45, 7) is 0.199. The maximum Gasteiger partial charge on any atom is 0.251 e. The first-order valence-electron chi connectivity index (χ1n) is 10.8. The molecule has 1 aliphatic rings. The topological polar surface area (TPSA) is 104 Å². The van der Waals surface area contributed by atoms with E-state index in [2.05, 4.69) is 15.4 Å². The minimum Gasteiger partial charge on any atom is -0.351 e. The zero-order valence-corrected chi connectivity index (χ0v) is 18.8. The number of hydrogen-bond donors (Lipinski definition) is 3. The van der Waals surface area contributed by atoms with Crippen LogP contribution in [0, 0.1) is 5.92 Å². The number of nitrogens with one attached hydrogen (secondary N) is 3. The molecule has 2 amide bonds. The molecular weight excluding hydrogens is 438 g/mol. The van der Waals surface area contributed by atoms with Crippen molar-refractivity contribution >= 4 is 27.5 Å². The summed E-state index contributed by atoms with van der Waals surface area (Å²) in [6, 6.07) is 23.0. The Morgan fingerprint density at radius 3 is 2.06 bits per heavy atom. The average Bonchev–Trinajstić information content (AvgIpc) is 3.69. The fraction of sp³-hybridized carbons (Fsp3) is 0.200. The van der Waals surface area contributed by atoms with E-state index >= 15 is 0 Å². The third-order valence-corrected chi connectivity index (χ3v) is 6.81. The summed E-state index contributed by atoms with van der Waals surface area (Å²) in [7, 11) is -3.68. The summed E-state index contributed by atoms with van der Waals surface area (Å²) in [6.07, 6.45) is 1.85. The van der Waals surface area contributed by atoms with E-state index in [-0.39, 0.29) is 35.7 Å². The molecule has 3 N–H and O–H groups in total. The lowest BCUT2D eigenvalue weighted by Gasteiger charge is -2.10. The van der Waals surface area contributed by atoms with Crippen molar-refractivity contribution in [3.05, 3.63) is 84.4 Å². The molecule has 4 rings (SSSR count). The smallest absolute Gasteiger partial charge is 0.251 e. The molecule has 0 heterocycles. The van der Waals surface area contributed by atoms with Gasteiger partial charge in [0.05, 0.1) is 4.90 Å². The van der Waals surface area contributed by atoms with Crippen LogP contribution in [0.5, 0.6) is 0 Å². The highest BCUT2D eigenvalue weighted by Crippen LogP contribution is 2.30. The first kappa shape index (κ1) is 22.7. The molecule has 3 aromatic rings. The summed E-state index contributed by atoms with van der Waals surface area (Å²) < 4.78 is 27.5. The normalized spacial score (nSPS) is 13.3. The van der Waals surface area contributed by atoms with Crippen molar-refractivity contribution in [1.29, 1.82) is 0 Å². The van der Waals surface area contributed by atoms with Crippen LogP contribution in [0.2, 0.25) is 0 Å². The summed E-state index contributed by atoms with van der Waals surface area (Å²) >= 11 is 0. The molecule has 8 heteroatoms. The van der Waals surface area contributed by atoms with Gasteiger partial charge in [0.25, 0.3) is 5.91 Å². The second kappa shape index (κ2) is 9.97. The zero-order valence-electron chi connectivity index (χ0n) is 18.0. The van der Waals surface area contributed by atoms with Gasteiger partial charge in [0, 0.05) is 30.3 Å². The van der Waals surface area contributed by atoms with E-state index < -0.39 is 10.0 Å². The van der Waals surface area contributed by atoms with Crippen molar-refractivity contribution in [2.45, 2.75) is 17.7 Å². The Balaban J connectivity index is 1.24. The molecule has 0 unspecified atom stereocenters. The fourth-order valence-electron chi connectivity index (χ4n) is 3.30. The van der Waals surface area contributed by atoms with Crippen molar-refractivity contribution in [2.24, 2.45) is 5.92 Å². The van der Waals surface area contributed by atoms with Crippen LogP contribution >= 0.6 is 0 Å². The molecule has 0 radical (unpaired) electrons. The van der Waals surface area contributed by atoms with Crippen LogP contribution in [0.25, 0.3) is 11.1 Å². The van der Waals surface area contributed by atoms with Crippen LogP contribution < -0.4 is 15.4 Å². The van der Waals surface area contributed by atoms with Crippen molar-refractivity contribution in [3.8, 4) is 11.1 Å². The highest BCUT2D eigenvalue weighted by Gasteiger charge is 2.29. The van der Waals surface area contributed by atoms with Gasteiger partial charge < -0.3 is 10.6 Å². The Morgan fingerprint density at radius 1 is 0.788 bits per heavy atom. The predicted octanol–water partition coefficient (Wildman–Crippen LogP) is 3.41. The van der Waals surface area contributed by atoms with Gasteiger partial charge in [-0.1, -0.05) is 42.5 Å². The van der Waals surface area contributed by atoms with Crippen LogP contribution in [-0.4, -0.2) is 33.3 Å². The van der Waals surface area contributed by atoms with Crippen molar-refractivity contribution < 1.29 is 18.0 Å². The molecular formula is C25H25N3O4S. The number of sulfonamides is 1. The molecule has 0 saturated heterocycles. The largest absolute Gasteiger partial charge is 0.351 e. The van der Waals surface area contributed by atoms with Gasteiger partial charge in [-0.15, -0.1) is 0 Å². The van der Waals surface area contributed by atoms with E-state index in [1.807, 2.05) is 30.3 Å². The highest BCUT2D eigenvalue weighted by molar-refractivity contribution is 7.89. The van der Waals surface area contributed by atoms with E-state index in [9.17, 15) is 18.0 Å². The lowest BCUT2D eigenvalue weighted by molar-refractivity contribution is -0.117. The second-order valence-electron chi connectivity index (χ2n) is 7.88. The van der Waals surface area contributed by atoms with Crippen LogP contribution in [0.3, 0.4) is 0 Å². The van der Waals surface area contributed by atoms with Crippen molar-refractivity contribution in [2.75, 3.05) is 18.4 Å². The quantitative estimate of drug-likeness (QED) is 0.423. The Morgan fingerprint density at radius 2 is 1.42 bits per heavy atom. The maximum absolute atomic E-state index is 12.5. The standard InChI is InChI=1S/C25H25N3O4S/c29-24(20-8-12-22(13-9-20)28-25(30)21-6-7-21)26-16-17-27-33(31,32)23-14-10-19(11-15-23)18-4-2-1-3-5-18/h1-5,8-15,21,27H,6-7,16-17H2,(H,26,29)(H,28,30).